The predicted octanol–water partition coefficient (Wildman–Crippen LogP) is 3.39. The van der Waals surface area contributed by atoms with Gasteiger partial charge in [0.25, 0.3) is 12.0 Å². The van der Waals surface area contributed by atoms with Gasteiger partial charge in [-0.3, -0.25) is 4.79 Å². The Morgan fingerprint density at radius 3 is 1.76 bits per heavy atom. The van der Waals surface area contributed by atoms with Gasteiger partial charge < -0.3 is 13.8 Å². The number of nitrogens with zero attached hydrogens (tertiary/aromatic N) is 1. The van der Waals surface area contributed by atoms with E-state index < -0.39 is 24.9 Å². The van der Waals surface area contributed by atoms with Crippen molar-refractivity contribution >= 4 is 36.9 Å². The molecule has 1 N–H and O–H groups in total. The highest BCUT2D eigenvalue weighted by molar-refractivity contribution is 6.77. The first-order valence-electron chi connectivity index (χ1n) is 7.41. The van der Waals surface area contributed by atoms with Gasteiger partial charge in [-0.25, -0.2) is 4.99 Å². The average molecular weight is 349 g/mol. The molecule has 0 rings (SSSR count). The Bertz CT molecular complexity index is 362. The van der Waals surface area contributed by atoms with E-state index in [-0.39, 0.29) is 5.97 Å². The van der Waals surface area contributed by atoms with E-state index in [0.29, 0.717) is 19.0 Å². The third-order valence-corrected chi connectivity index (χ3v) is 4.49. The summed E-state index contributed by atoms with van der Waals surface area (Å²) in [7, 11) is -5.05. The van der Waals surface area contributed by atoms with E-state index in [9.17, 15) is 4.79 Å². The molecule has 0 saturated heterocycles. The second-order valence-corrected chi connectivity index (χ2v) is 21.7. The summed E-state index contributed by atoms with van der Waals surface area (Å²) < 4.78 is 11.4. The van der Waals surface area contributed by atoms with Crippen LogP contribution in [0.4, 0.5) is 0 Å². The number of hydrogen-bond acceptors (Lipinski definition) is 4. The number of carbonyl (C=O) groups is 1. The summed E-state index contributed by atoms with van der Waals surface area (Å²) in [5.74, 6) is -0.168. The molecule has 0 aromatic rings. The molecule has 124 valence electrons. The molecular formula is C13H32N2O3Si3. The Morgan fingerprint density at radius 2 is 1.38 bits per heavy atom. The lowest BCUT2D eigenvalue weighted by atomic mass is 10.4. The van der Waals surface area contributed by atoms with Crippen LogP contribution in [0.1, 0.15) is 6.42 Å². The molecule has 21 heavy (non-hydrogen) atoms. The Balaban J connectivity index is 4.60. The van der Waals surface area contributed by atoms with Crippen LogP contribution in [0.15, 0.2) is 4.99 Å². The molecule has 0 fully saturated rings. The van der Waals surface area contributed by atoms with Crippen molar-refractivity contribution in [1.29, 1.82) is 0 Å². The lowest BCUT2D eigenvalue weighted by Crippen LogP contribution is -2.49. The zero-order valence-corrected chi connectivity index (χ0v) is 18.1. The highest BCUT2D eigenvalue weighted by Gasteiger charge is 2.23. The maximum absolute atomic E-state index is 11.7. The highest BCUT2D eigenvalue weighted by atomic mass is 28.4. The summed E-state index contributed by atoms with van der Waals surface area (Å²) in [4.78, 5) is 19.5. The Labute approximate surface area is 132 Å². The van der Waals surface area contributed by atoms with Gasteiger partial charge in [-0.05, 0) is 39.3 Å². The van der Waals surface area contributed by atoms with Gasteiger partial charge in [0.2, 0.25) is 16.6 Å². The van der Waals surface area contributed by atoms with Crippen LogP contribution in [-0.4, -0.2) is 43.4 Å². The summed E-state index contributed by atoms with van der Waals surface area (Å²) in [6.45, 7) is 19.3. The quantitative estimate of drug-likeness (QED) is 0.454. The molecule has 5 nitrogen and oxygen atoms in total. The van der Waals surface area contributed by atoms with Gasteiger partial charge in [0.05, 0.1) is 13.0 Å². The lowest BCUT2D eigenvalue weighted by Gasteiger charge is -2.26. The van der Waals surface area contributed by atoms with Crippen LogP contribution in [0, 0.1) is 0 Å². The van der Waals surface area contributed by atoms with Gasteiger partial charge in [-0.1, -0.05) is 19.6 Å². The first kappa shape index (κ1) is 20.4. The van der Waals surface area contributed by atoms with E-state index in [1.807, 2.05) is 19.6 Å². The second-order valence-electron chi connectivity index (χ2n) is 8.11. The first-order chi connectivity index (χ1) is 9.18. The molecule has 0 aliphatic rings. The average Bonchev–Trinajstić information content (AvgIpc) is 2.07. The fraction of sp³-hybridized carbons (Fsp3) is 0.846. The van der Waals surface area contributed by atoms with Crippen molar-refractivity contribution in [2.75, 3.05) is 6.54 Å². The minimum Gasteiger partial charge on any atom is -0.520 e. The van der Waals surface area contributed by atoms with Crippen LogP contribution in [-0.2, 0) is 13.6 Å². The van der Waals surface area contributed by atoms with Gasteiger partial charge in [0.1, 0.15) is 8.24 Å². The summed E-state index contributed by atoms with van der Waals surface area (Å²) in [5.41, 5.74) is 0. The standard InChI is InChI=1S/C13H32N2O3Si3/c1-19(2,3)15-13(18-21(7,8)9)14-11-10-12(16)17-20(4,5)6/h10-11H2,1-9H3,(H,14,15). The van der Waals surface area contributed by atoms with Gasteiger partial charge in [-0.2, -0.15) is 0 Å². The van der Waals surface area contributed by atoms with Crippen molar-refractivity contribution in [2.45, 2.75) is 65.3 Å². The molecule has 8 heteroatoms. The molecule has 0 heterocycles. The molecule has 0 aromatic heterocycles. The normalized spacial score (nSPS) is 13.9. The number of aliphatic imine (C=N–C) groups is 1. The van der Waals surface area contributed by atoms with Crippen molar-refractivity contribution < 1.29 is 13.6 Å². The molecule has 0 unspecified atom stereocenters. The topological polar surface area (TPSA) is 59.9 Å². The minimum absolute atomic E-state index is 0.168. The van der Waals surface area contributed by atoms with E-state index in [2.05, 4.69) is 49.3 Å². The fourth-order valence-corrected chi connectivity index (χ4v) is 3.70. The minimum atomic E-state index is -1.81. The van der Waals surface area contributed by atoms with Crippen LogP contribution in [0.25, 0.3) is 0 Å². The first-order valence-corrected chi connectivity index (χ1v) is 17.7. The third kappa shape index (κ3) is 14.1. The van der Waals surface area contributed by atoms with Crippen molar-refractivity contribution in [1.82, 2.24) is 4.98 Å². The summed E-state index contributed by atoms with van der Waals surface area (Å²) >= 11 is 0. The van der Waals surface area contributed by atoms with E-state index in [1.54, 1.807) is 0 Å². The number of hydrogen-bond donors (Lipinski definition) is 1. The number of amidine groups is 1. The molecule has 0 bridgehead atoms. The van der Waals surface area contributed by atoms with Gasteiger partial charge in [0.15, 0.2) is 0 Å². The van der Waals surface area contributed by atoms with E-state index in [1.165, 1.54) is 0 Å². The maximum Gasteiger partial charge on any atom is 0.294 e. The molecule has 0 aliphatic carbocycles. The maximum atomic E-state index is 11.7. The van der Waals surface area contributed by atoms with Crippen molar-refractivity contribution in [3.05, 3.63) is 0 Å². The van der Waals surface area contributed by atoms with Gasteiger partial charge in [0, 0.05) is 0 Å². The molecule has 0 aromatic carbocycles. The van der Waals surface area contributed by atoms with Crippen molar-refractivity contribution in [2.24, 2.45) is 4.99 Å². The molecule has 0 amide bonds. The molecule has 0 aliphatic heterocycles. The largest absolute Gasteiger partial charge is 0.520 e. The smallest absolute Gasteiger partial charge is 0.294 e. The van der Waals surface area contributed by atoms with Gasteiger partial charge in [-0.15, -0.1) is 0 Å². The summed E-state index contributed by atoms with van der Waals surface area (Å²) in [6, 6.07) is 0.592. The number of carbonyl (C=O) groups excluding carboxylic acids is 1. The van der Waals surface area contributed by atoms with E-state index in [4.69, 9.17) is 8.85 Å². The Kier molecular flexibility index (Phi) is 7.37. The van der Waals surface area contributed by atoms with E-state index in [0.717, 1.165) is 0 Å². The predicted molar refractivity (Wildman–Crippen MR) is 97.3 cm³/mol. The third-order valence-electron chi connectivity index (χ3n) is 1.88. The van der Waals surface area contributed by atoms with Crippen LogP contribution in [0.2, 0.25) is 58.9 Å². The van der Waals surface area contributed by atoms with Crippen LogP contribution in [0.5, 0.6) is 0 Å². The van der Waals surface area contributed by atoms with E-state index >= 15 is 0 Å². The SMILES string of the molecule is C[Si](C)(C)NC(=NCCC(=O)O[Si](C)(C)C)O[Si](C)(C)C. The van der Waals surface area contributed by atoms with Gasteiger partial charge >= 0.3 is 0 Å². The van der Waals surface area contributed by atoms with Crippen LogP contribution in [0.3, 0.4) is 0 Å². The Hall–Kier alpha value is -0.609. The van der Waals surface area contributed by atoms with Crippen molar-refractivity contribution in [3.8, 4) is 0 Å². The zero-order chi connectivity index (χ0) is 16.9. The number of rotatable bonds is 6. The van der Waals surface area contributed by atoms with Crippen molar-refractivity contribution in [3.63, 3.8) is 0 Å². The zero-order valence-electron chi connectivity index (χ0n) is 15.1. The Morgan fingerprint density at radius 1 is 0.905 bits per heavy atom. The molecular weight excluding hydrogens is 316 g/mol. The number of nitrogens with one attached hydrogen (secondary N) is 1. The summed E-state index contributed by atoms with van der Waals surface area (Å²) in [5, 5.41) is 0. The molecule has 0 radical (unpaired) electrons. The molecule has 0 atom stereocenters. The molecule has 0 saturated carbocycles. The molecule has 0 spiro atoms. The second kappa shape index (κ2) is 7.59. The monoisotopic (exact) mass is 348 g/mol. The fourth-order valence-electron chi connectivity index (χ4n) is 1.35. The lowest BCUT2D eigenvalue weighted by molar-refractivity contribution is -0.134. The van der Waals surface area contributed by atoms with Crippen LogP contribution < -0.4 is 4.98 Å². The summed E-state index contributed by atoms with van der Waals surface area (Å²) in [6.07, 6.45) is 0.302. The highest BCUT2D eigenvalue weighted by Crippen LogP contribution is 2.07. The van der Waals surface area contributed by atoms with Crippen LogP contribution >= 0.6 is 0 Å².